The smallest absolute Gasteiger partial charge is 0.375 e. The molecule has 88 valence electrons. The molecule has 15 heavy (non-hydrogen) atoms. The molecule has 8 heteroatoms. The molecule has 0 aromatic rings. The lowest BCUT2D eigenvalue weighted by Gasteiger charge is -2.23. The number of carbonyl (C=O) groups is 2. The Balaban J connectivity index is 4.50. The normalized spacial score (nSPS) is 19.0. The van der Waals surface area contributed by atoms with Gasteiger partial charge in [-0.25, -0.2) is 4.79 Å². The molecule has 0 fully saturated rings. The fourth-order valence-corrected chi connectivity index (χ4v) is 0.804. The highest BCUT2D eigenvalue weighted by Gasteiger charge is 2.36. The average Bonchev–Trinajstić information content (AvgIpc) is 2.23. The maximum Gasteiger partial charge on any atom is 0.375 e. The molecule has 0 saturated carbocycles. The summed E-state index contributed by atoms with van der Waals surface area (Å²) in [7, 11) is 0. The van der Waals surface area contributed by atoms with Crippen LogP contribution in [0.5, 0.6) is 0 Å². The van der Waals surface area contributed by atoms with Crippen LogP contribution in [0.4, 0.5) is 0 Å². The third-order valence-electron chi connectivity index (χ3n) is 1.73. The van der Waals surface area contributed by atoms with E-state index >= 15 is 0 Å². The first kappa shape index (κ1) is 13.9. The Morgan fingerprint density at radius 2 is 1.47 bits per heavy atom. The van der Waals surface area contributed by atoms with Crippen LogP contribution in [0.2, 0.25) is 0 Å². The van der Waals surface area contributed by atoms with Gasteiger partial charge < -0.3 is 30.6 Å². The Morgan fingerprint density at radius 3 is 1.80 bits per heavy atom. The summed E-state index contributed by atoms with van der Waals surface area (Å²) in [5.41, 5.74) is 0. The number of aliphatic hydroxyl groups excluding tert-OH is 5. The predicted octanol–water partition coefficient (Wildman–Crippen LogP) is -3.92. The molecule has 0 rings (SSSR count). The Kier molecular flexibility index (Phi) is 5.33. The number of carboxylic acids is 1. The molecule has 0 amide bonds. The molecule has 0 radical (unpaired) electrons. The third kappa shape index (κ3) is 3.53. The van der Waals surface area contributed by atoms with Gasteiger partial charge in [0.25, 0.3) is 5.78 Å². The lowest BCUT2D eigenvalue weighted by atomic mass is 10.0. The first-order chi connectivity index (χ1) is 6.82. The van der Waals surface area contributed by atoms with E-state index in [4.69, 9.17) is 30.6 Å². The zero-order chi connectivity index (χ0) is 12.2. The number of aliphatic hydroxyl groups is 5. The van der Waals surface area contributed by atoms with Gasteiger partial charge in [-0.3, -0.25) is 4.79 Å². The van der Waals surface area contributed by atoms with E-state index in [1.807, 2.05) is 0 Å². The fraction of sp³-hybridized carbons (Fsp3) is 0.714. The zero-order valence-corrected chi connectivity index (χ0v) is 7.52. The molecule has 0 aromatic carbocycles. The molecule has 0 spiro atoms. The summed E-state index contributed by atoms with van der Waals surface area (Å²) in [6.45, 7) is -0.911. The Labute approximate surface area is 84.0 Å². The van der Waals surface area contributed by atoms with Crippen molar-refractivity contribution in [3.63, 3.8) is 0 Å². The van der Waals surface area contributed by atoms with E-state index < -0.39 is 42.8 Å². The van der Waals surface area contributed by atoms with Crippen LogP contribution in [0.1, 0.15) is 0 Å². The van der Waals surface area contributed by atoms with Gasteiger partial charge in [-0.15, -0.1) is 0 Å². The molecule has 6 N–H and O–H groups in total. The highest BCUT2D eigenvalue weighted by atomic mass is 16.4. The van der Waals surface area contributed by atoms with Crippen LogP contribution in [-0.2, 0) is 9.59 Å². The van der Waals surface area contributed by atoms with Gasteiger partial charge in [0.05, 0.1) is 6.61 Å². The van der Waals surface area contributed by atoms with Gasteiger partial charge in [-0.1, -0.05) is 0 Å². The molecule has 0 aliphatic heterocycles. The quantitative estimate of drug-likeness (QED) is 0.250. The van der Waals surface area contributed by atoms with Gasteiger partial charge >= 0.3 is 5.97 Å². The minimum atomic E-state index is -2.36. The zero-order valence-electron chi connectivity index (χ0n) is 7.52. The molecule has 0 aromatic heterocycles. The topological polar surface area (TPSA) is 156 Å². The molecule has 0 bridgehead atoms. The number of aliphatic carboxylic acids is 1. The Bertz CT molecular complexity index is 239. The number of hydrogen-bond donors (Lipinski definition) is 6. The second-order valence-electron chi connectivity index (χ2n) is 2.85. The van der Waals surface area contributed by atoms with Gasteiger partial charge in [-0.05, 0) is 0 Å². The number of carbonyl (C=O) groups excluding carboxylic acids is 1. The molecule has 0 unspecified atom stereocenters. The van der Waals surface area contributed by atoms with Crippen LogP contribution < -0.4 is 0 Å². The lowest BCUT2D eigenvalue weighted by Crippen LogP contribution is -2.50. The van der Waals surface area contributed by atoms with Crippen LogP contribution in [0.15, 0.2) is 0 Å². The first-order valence-electron chi connectivity index (χ1n) is 3.93. The molecule has 0 saturated heterocycles. The largest absolute Gasteiger partial charge is 0.475 e. The summed E-state index contributed by atoms with van der Waals surface area (Å²) in [5.74, 6) is -3.70. The molecule has 0 heterocycles. The number of rotatable bonds is 6. The number of carboxylic acid groups (broad SMARTS) is 1. The van der Waals surface area contributed by atoms with Crippen molar-refractivity contribution < 1.29 is 40.2 Å². The van der Waals surface area contributed by atoms with Gasteiger partial charge in [-0.2, -0.15) is 0 Å². The molecular weight excluding hydrogens is 212 g/mol. The fourth-order valence-electron chi connectivity index (χ4n) is 0.804. The van der Waals surface area contributed by atoms with Crippen molar-refractivity contribution in [1.29, 1.82) is 0 Å². The summed E-state index contributed by atoms with van der Waals surface area (Å²) in [5, 5.41) is 52.4. The van der Waals surface area contributed by atoms with E-state index in [9.17, 15) is 9.59 Å². The van der Waals surface area contributed by atoms with Crippen LogP contribution >= 0.6 is 0 Å². The minimum absolute atomic E-state index is 0.911. The molecule has 0 aliphatic carbocycles. The highest BCUT2D eigenvalue weighted by molar-refractivity contribution is 6.34. The van der Waals surface area contributed by atoms with Crippen LogP contribution in [-0.4, -0.2) is 73.4 Å². The van der Waals surface area contributed by atoms with E-state index in [2.05, 4.69) is 0 Å². The van der Waals surface area contributed by atoms with Gasteiger partial charge in [0.15, 0.2) is 6.10 Å². The van der Waals surface area contributed by atoms with Crippen LogP contribution in [0.3, 0.4) is 0 Å². The van der Waals surface area contributed by atoms with Gasteiger partial charge in [0.1, 0.15) is 18.3 Å². The number of ketones is 1. The molecular formula is C7H12O8. The van der Waals surface area contributed by atoms with E-state index in [0.717, 1.165) is 0 Å². The van der Waals surface area contributed by atoms with Crippen molar-refractivity contribution in [3.8, 4) is 0 Å². The summed E-state index contributed by atoms with van der Waals surface area (Å²) >= 11 is 0. The van der Waals surface area contributed by atoms with E-state index in [1.165, 1.54) is 0 Å². The molecule has 4 atom stereocenters. The second-order valence-corrected chi connectivity index (χ2v) is 2.85. The van der Waals surface area contributed by atoms with Crippen LogP contribution in [0.25, 0.3) is 0 Å². The van der Waals surface area contributed by atoms with E-state index in [0.29, 0.717) is 0 Å². The summed E-state index contributed by atoms with van der Waals surface area (Å²) < 4.78 is 0. The van der Waals surface area contributed by atoms with Crippen molar-refractivity contribution in [2.45, 2.75) is 24.4 Å². The van der Waals surface area contributed by atoms with Crippen molar-refractivity contribution in [3.05, 3.63) is 0 Å². The van der Waals surface area contributed by atoms with E-state index in [-0.39, 0.29) is 0 Å². The highest BCUT2D eigenvalue weighted by Crippen LogP contribution is 2.06. The van der Waals surface area contributed by atoms with Crippen LogP contribution in [0, 0.1) is 0 Å². The summed E-state index contributed by atoms with van der Waals surface area (Å²) in [6, 6.07) is 0. The molecule has 8 nitrogen and oxygen atoms in total. The molecule has 0 aliphatic rings. The van der Waals surface area contributed by atoms with Gasteiger partial charge in [0.2, 0.25) is 0 Å². The van der Waals surface area contributed by atoms with E-state index in [1.54, 1.807) is 0 Å². The summed E-state index contributed by atoms with van der Waals surface area (Å²) in [4.78, 5) is 20.7. The van der Waals surface area contributed by atoms with Crippen molar-refractivity contribution >= 4 is 11.8 Å². The maximum atomic E-state index is 10.6. The summed E-state index contributed by atoms with van der Waals surface area (Å²) in [6.07, 6.45) is -8.35. The van der Waals surface area contributed by atoms with Gasteiger partial charge in [0, 0.05) is 0 Å². The maximum absolute atomic E-state index is 10.6. The lowest BCUT2D eigenvalue weighted by molar-refractivity contribution is -0.162. The monoisotopic (exact) mass is 224 g/mol. The number of hydrogen-bond acceptors (Lipinski definition) is 7. The Morgan fingerprint density at radius 1 is 1.00 bits per heavy atom. The first-order valence-corrected chi connectivity index (χ1v) is 3.93. The SMILES string of the molecule is O=C(O)C(=O)[C@@H](O)[C@@H](O)[C@H](O)[C@H](O)CO. The average molecular weight is 224 g/mol. The van der Waals surface area contributed by atoms with Crippen molar-refractivity contribution in [2.75, 3.05) is 6.61 Å². The van der Waals surface area contributed by atoms with Crippen molar-refractivity contribution in [1.82, 2.24) is 0 Å². The standard InChI is InChI=1S/C7H12O8/c8-1-2(9)3(10)4(11)5(12)6(13)7(14)15/h2-5,8-12H,1H2,(H,14,15)/t2-,3-,4+,5+/m1/s1. The minimum Gasteiger partial charge on any atom is -0.475 e. The third-order valence-corrected chi connectivity index (χ3v) is 1.73. The Hall–Kier alpha value is -1.06. The number of Topliss-reactive ketones (excluding diaryl/α,β-unsaturated/α-hetero) is 1. The van der Waals surface area contributed by atoms with Crippen molar-refractivity contribution in [2.24, 2.45) is 0 Å². The second kappa shape index (κ2) is 5.73. The predicted molar refractivity (Wildman–Crippen MR) is 43.8 cm³/mol.